The lowest BCUT2D eigenvalue weighted by Gasteiger charge is -2.44. The van der Waals surface area contributed by atoms with Gasteiger partial charge in [-0.2, -0.15) is 0 Å². The number of hydrogen-bond donors (Lipinski definition) is 0. The highest BCUT2D eigenvalue weighted by molar-refractivity contribution is 6.00. The molecule has 5 rings (SSSR count). The number of rotatable bonds is 4. The lowest BCUT2D eigenvalue weighted by Crippen LogP contribution is -2.47. The number of nitrogens with zero attached hydrogens (tertiary/aromatic N) is 2. The molecule has 3 aliphatic heterocycles. The van der Waals surface area contributed by atoms with E-state index in [0.29, 0.717) is 18.1 Å². The van der Waals surface area contributed by atoms with Crippen LogP contribution in [0.1, 0.15) is 47.8 Å². The minimum absolute atomic E-state index is 0.301. The van der Waals surface area contributed by atoms with Crippen LogP contribution >= 0.6 is 0 Å². The first-order valence-electron chi connectivity index (χ1n) is 9.30. The van der Waals surface area contributed by atoms with Gasteiger partial charge in [0.2, 0.25) is 0 Å². The maximum atomic E-state index is 12.8. The van der Waals surface area contributed by atoms with Gasteiger partial charge in [-0.05, 0) is 80.9 Å². The molecule has 126 valence electrons. The Kier molecular flexibility index (Phi) is 4.13. The van der Waals surface area contributed by atoms with Gasteiger partial charge in [-0.15, -0.1) is 0 Å². The van der Waals surface area contributed by atoms with Crippen molar-refractivity contribution in [2.45, 2.75) is 39.5 Å². The number of carbonyl (C=O) groups is 1. The van der Waals surface area contributed by atoms with E-state index >= 15 is 0 Å². The first-order chi connectivity index (χ1) is 11.6. The second-order valence-electron chi connectivity index (χ2n) is 7.54. The van der Waals surface area contributed by atoms with Crippen LogP contribution in [0.15, 0.2) is 24.3 Å². The molecule has 2 aromatic rings. The zero-order chi connectivity index (χ0) is 16.7. The standard InChI is InChI=1S/C21H26N2O/c1-3-18-10-14(2)19-11-16(4-5-20(19)22-18)21(24)12-17-13-23-8-6-15(17)7-9-23/h4-5,10-11,15,17H,3,6-9,12-13H2,1-2H3. The van der Waals surface area contributed by atoms with Gasteiger partial charge < -0.3 is 4.90 Å². The van der Waals surface area contributed by atoms with Crippen LogP contribution in [0.5, 0.6) is 0 Å². The molecule has 1 atom stereocenters. The molecule has 3 saturated heterocycles. The van der Waals surface area contributed by atoms with Crippen molar-refractivity contribution >= 4 is 16.7 Å². The van der Waals surface area contributed by atoms with Crippen LogP contribution in [-0.4, -0.2) is 35.3 Å². The number of hydrogen-bond acceptors (Lipinski definition) is 3. The van der Waals surface area contributed by atoms with Crippen LogP contribution in [0, 0.1) is 18.8 Å². The number of carbonyl (C=O) groups excluding carboxylic acids is 1. The second-order valence-corrected chi connectivity index (χ2v) is 7.54. The van der Waals surface area contributed by atoms with Crippen LogP contribution in [0.3, 0.4) is 0 Å². The largest absolute Gasteiger partial charge is 0.303 e. The van der Waals surface area contributed by atoms with Gasteiger partial charge in [0.1, 0.15) is 0 Å². The van der Waals surface area contributed by atoms with Gasteiger partial charge >= 0.3 is 0 Å². The summed E-state index contributed by atoms with van der Waals surface area (Å²) in [5.41, 5.74) is 4.19. The topological polar surface area (TPSA) is 33.2 Å². The van der Waals surface area contributed by atoms with Crippen LogP contribution in [0.2, 0.25) is 0 Å². The number of aryl methyl sites for hydroxylation is 2. The molecule has 24 heavy (non-hydrogen) atoms. The summed E-state index contributed by atoms with van der Waals surface area (Å²) in [5, 5.41) is 1.12. The summed E-state index contributed by atoms with van der Waals surface area (Å²) in [4.78, 5) is 20.0. The van der Waals surface area contributed by atoms with Crippen molar-refractivity contribution in [3.8, 4) is 0 Å². The Labute approximate surface area is 144 Å². The van der Waals surface area contributed by atoms with E-state index in [9.17, 15) is 4.79 Å². The molecule has 2 bridgehead atoms. The number of piperidine rings is 3. The molecule has 0 radical (unpaired) electrons. The van der Waals surface area contributed by atoms with E-state index in [-0.39, 0.29) is 0 Å². The third-order valence-corrected chi connectivity index (χ3v) is 5.99. The number of fused-ring (bicyclic) bond motifs is 4. The summed E-state index contributed by atoms with van der Waals surface area (Å²) >= 11 is 0. The molecule has 0 saturated carbocycles. The quantitative estimate of drug-likeness (QED) is 0.797. The van der Waals surface area contributed by atoms with Crippen LogP contribution in [0.4, 0.5) is 0 Å². The fourth-order valence-electron chi connectivity index (χ4n) is 4.49. The van der Waals surface area contributed by atoms with Gasteiger partial charge in [-0.25, -0.2) is 0 Å². The number of ketones is 1. The molecule has 1 unspecified atom stereocenters. The average Bonchev–Trinajstić information content (AvgIpc) is 2.62. The van der Waals surface area contributed by atoms with E-state index in [1.54, 1.807) is 0 Å². The average molecular weight is 322 g/mol. The van der Waals surface area contributed by atoms with Crippen LogP contribution in [0.25, 0.3) is 10.9 Å². The number of benzene rings is 1. The maximum Gasteiger partial charge on any atom is 0.163 e. The lowest BCUT2D eigenvalue weighted by atomic mass is 9.76. The van der Waals surface area contributed by atoms with E-state index in [1.165, 1.54) is 31.5 Å². The summed E-state index contributed by atoms with van der Waals surface area (Å²) in [6, 6.07) is 8.19. The number of Topliss-reactive ketones (excluding diaryl/α,β-unsaturated/α-hetero) is 1. The molecule has 1 aromatic carbocycles. The van der Waals surface area contributed by atoms with E-state index in [0.717, 1.165) is 41.0 Å². The Morgan fingerprint density at radius 3 is 2.71 bits per heavy atom. The first kappa shape index (κ1) is 15.8. The van der Waals surface area contributed by atoms with Crippen molar-refractivity contribution < 1.29 is 4.79 Å². The predicted octanol–water partition coefficient (Wildman–Crippen LogP) is 4.02. The third kappa shape index (κ3) is 2.86. The van der Waals surface area contributed by atoms with E-state index in [2.05, 4.69) is 35.9 Å². The monoisotopic (exact) mass is 322 g/mol. The van der Waals surface area contributed by atoms with Crippen LogP contribution in [-0.2, 0) is 6.42 Å². The predicted molar refractivity (Wildman–Crippen MR) is 97.5 cm³/mol. The molecule has 3 nitrogen and oxygen atoms in total. The Balaban J connectivity index is 1.57. The summed E-state index contributed by atoms with van der Waals surface area (Å²) in [7, 11) is 0. The third-order valence-electron chi connectivity index (χ3n) is 5.99. The molecule has 0 aliphatic carbocycles. The van der Waals surface area contributed by atoms with Gasteiger partial charge in [0.15, 0.2) is 5.78 Å². The van der Waals surface area contributed by atoms with Gasteiger partial charge in [-0.3, -0.25) is 9.78 Å². The smallest absolute Gasteiger partial charge is 0.163 e. The Hall–Kier alpha value is -1.74. The Morgan fingerprint density at radius 2 is 2.04 bits per heavy atom. The molecule has 3 fully saturated rings. The van der Waals surface area contributed by atoms with Gasteiger partial charge in [0, 0.05) is 29.6 Å². The van der Waals surface area contributed by atoms with Gasteiger partial charge in [-0.1, -0.05) is 6.92 Å². The van der Waals surface area contributed by atoms with Crippen molar-refractivity contribution in [2.75, 3.05) is 19.6 Å². The summed E-state index contributed by atoms with van der Waals surface area (Å²) in [6.07, 6.45) is 4.19. The zero-order valence-electron chi connectivity index (χ0n) is 14.7. The van der Waals surface area contributed by atoms with Crippen molar-refractivity contribution in [3.63, 3.8) is 0 Å². The Morgan fingerprint density at radius 1 is 1.25 bits per heavy atom. The molecule has 0 spiro atoms. The molecule has 3 heteroatoms. The SMILES string of the molecule is CCc1cc(C)c2cc(C(=O)CC3CN4CCC3CC4)ccc2n1. The molecule has 3 aliphatic rings. The lowest BCUT2D eigenvalue weighted by molar-refractivity contribution is 0.0441. The molecular formula is C21H26N2O. The van der Waals surface area contributed by atoms with E-state index < -0.39 is 0 Å². The molecule has 4 heterocycles. The van der Waals surface area contributed by atoms with Crippen molar-refractivity contribution in [1.82, 2.24) is 9.88 Å². The highest BCUT2D eigenvalue weighted by Crippen LogP contribution is 2.35. The number of pyridine rings is 1. The summed E-state index contributed by atoms with van der Waals surface area (Å²) < 4.78 is 0. The highest BCUT2D eigenvalue weighted by atomic mass is 16.1. The number of aromatic nitrogens is 1. The minimum Gasteiger partial charge on any atom is -0.303 e. The molecule has 0 amide bonds. The highest BCUT2D eigenvalue weighted by Gasteiger charge is 2.35. The van der Waals surface area contributed by atoms with Crippen molar-refractivity contribution in [3.05, 3.63) is 41.1 Å². The fraction of sp³-hybridized carbons (Fsp3) is 0.524. The summed E-state index contributed by atoms with van der Waals surface area (Å²) in [6.45, 7) is 7.82. The van der Waals surface area contributed by atoms with Gasteiger partial charge in [0.05, 0.1) is 5.52 Å². The van der Waals surface area contributed by atoms with Gasteiger partial charge in [0.25, 0.3) is 0 Å². The summed E-state index contributed by atoms with van der Waals surface area (Å²) in [5.74, 6) is 1.61. The second kappa shape index (κ2) is 6.29. The Bertz CT molecular complexity index is 775. The fourth-order valence-corrected chi connectivity index (χ4v) is 4.49. The molecule has 0 N–H and O–H groups in total. The molecular weight excluding hydrogens is 296 g/mol. The van der Waals surface area contributed by atoms with Crippen LogP contribution < -0.4 is 0 Å². The first-order valence-corrected chi connectivity index (χ1v) is 9.30. The minimum atomic E-state index is 0.301. The maximum absolute atomic E-state index is 12.8. The molecule has 1 aromatic heterocycles. The van der Waals surface area contributed by atoms with E-state index in [4.69, 9.17) is 0 Å². The van der Waals surface area contributed by atoms with E-state index in [1.807, 2.05) is 12.1 Å². The van der Waals surface area contributed by atoms with Crippen molar-refractivity contribution in [2.24, 2.45) is 11.8 Å². The normalized spacial score (nSPS) is 26.0. The van der Waals surface area contributed by atoms with Crippen molar-refractivity contribution in [1.29, 1.82) is 0 Å². The zero-order valence-corrected chi connectivity index (χ0v) is 14.7.